The van der Waals surface area contributed by atoms with Crippen molar-refractivity contribution in [3.05, 3.63) is 0 Å². The van der Waals surface area contributed by atoms with Crippen molar-refractivity contribution < 1.29 is 9.84 Å². The van der Waals surface area contributed by atoms with Gasteiger partial charge in [-0.25, -0.2) is 0 Å². The van der Waals surface area contributed by atoms with Crippen LogP contribution in [0.2, 0.25) is 0 Å². The molecular weight excluding hydrogens is 248 g/mol. The van der Waals surface area contributed by atoms with Crippen molar-refractivity contribution in [2.75, 3.05) is 0 Å². The smallest absolute Gasteiger partial charge is 0.192 e. The molecule has 120 valence electrons. The van der Waals surface area contributed by atoms with Crippen LogP contribution in [0.15, 0.2) is 0 Å². The zero-order chi connectivity index (χ0) is 14.7. The van der Waals surface area contributed by atoms with Gasteiger partial charge in [-0.3, -0.25) is 0 Å². The van der Waals surface area contributed by atoms with E-state index in [1.165, 1.54) is 77.0 Å². The first-order valence-electron chi connectivity index (χ1n) is 9.13. The lowest BCUT2D eigenvalue weighted by molar-refractivity contribution is 0.0332. The Balaban J connectivity index is 1.71. The SMILES string of the molecule is CCCCCCCCCCCCCCC1OC1(O)CC. The molecule has 0 aliphatic carbocycles. The maximum absolute atomic E-state index is 9.75. The first-order valence-corrected chi connectivity index (χ1v) is 9.13. The Hall–Kier alpha value is -0.0800. The molecule has 1 N–H and O–H groups in total. The molecule has 1 aliphatic rings. The molecule has 1 saturated heterocycles. The average Bonchev–Trinajstić information content (AvgIpc) is 3.11. The third kappa shape index (κ3) is 7.64. The average molecular weight is 284 g/mol. The van der Waals surface area contributed by atoms with Crippen molar-refractivity contribution in [3.8, 4) is 0 Å². The van der Waals surface area contributed by atoms with E-state index in [1.807, 2.05) is 6.92 Å². The number of hydrogen-bond donors (Lipinski definition) is 1. The highest BCUT2D eigenvalue weighted by molar-refractivity contribution is 4.91. The van der Waals surface area contributed by atoms with E-state index in [1.54, 1.807) is 0 Å². The van der Waals surface area contributed by atoms with Crippen LogP contribution in [0, 0.1) is 0 Å². The van der Waals surface area contributed by atoms with Gasteiger partial charge in [-0.1, -0.05) is 90.9 Å². The second kappa shape index (κ2) is 10.6. The lowest BCUT2D eigenvalue weighted by Crippen LogP contribution is -2.11. The van der Waals surface area contributed by atoms with Crippen LogP contribution in [0.3, 0.4) is 0 Å². The Morgan fingerprint density at radius 2 is 1.20 bits per heavy atom. The fraction of sp³-hybridized carbons (Fsp3) is 1.00. The highest BCUT2D eigenvalue weighted by Gasteiger charge is 2.52. The van der Waals surface area contributed by atoms with E-state index in [0.717, 1.165) is 12.8 Å². The summed E-state index contributed by atoms with van der Waals surface area (Å²) in [5.41, 5.74) is 0. The van der Waals surface area contributed by atoms with Gasteiger partial charge in [0.25, 0.3) is 0 Å². The molecule has 20 heavy (non-hydrogen) atoms. The fourth-order valence-electron chi connectivity index (χ4n) is 2.98. The third-order valence-corrected chi connectivity index (χ3v) is 4.62. The van der Waals surface area contributed by atoms with Crippen LogP contribution in [-0.4, -0.2) is 17.0 Å². The summed E-state index contributed by atoms with van der Waals surface area (Å²) in [7, 11) is 0. The van der Waals surface area contributed by atoms with Crippen LogP contribution in [0.4, 0.5) is 0 Å². The lowest BCUT2D eigenvalue weighted by atomic mass is 10.0. The third-order valence-electron chi connectivity index (χ3n) is 4.62. The quantitative estimate of drug-likeness (QED) is 0.334. The van der Waals surface area contributed by atoms with Gasteiger partial charge in [0.2, 0.25) is 0 Å². The van der Waals surface area contributed by atoms with Crippen molar-refractivity contribution in [1.29, 1.82) is 0 Å². The van der Waals surface area contributed by atoms with Crippen LogP contribution in [-0.2, 0) is 4.74 Å². The summed E-state index contributed by atoms with van der Waals surface area (Å²) in [5, 5.41) is 9.75. The van der Waals surface area contributed by atoms with Crippen LogP contribution in [0.25, 0.3) is 0 Å². The zero-order valence-electron chi connectivity index (χ0n) is 13.8. The molecule has 2 heteroatoms. The molecule has 2 atom stereocenters. The standard InChI is InChI=1S/C18H36O2/c1-3-5-6-7-8-9-10-11-12-13-14-15-16-17-18(19,4-2)20-17/h17,19H,3-16H2,1-2H3. The van der Waals surface area contributed by atoms with Crippen LogP contribution in [0.1, 0.15) is 104 Å². The minimum atomic E-state index is -0.752. The molecule has 0 amide bonds. The van der Waals surface area contributed by atoms with Gasteiger partial charge in [-0.15, -0.1) is 0 Å². The van der Waals surface area contributed by atoms with Gasteiger partial charge in [-0.05, 0) is 6.42 Å². The van der Waals surface area contributed by atoms with Crippen LogP contribution in [0.5, 0.6) is 0 Å². The van der Waals surface area contributed by atoms with Crippen molar-refractivity contribution in [2.24, 2.45) is 0 Å². The number of unbranched alkanes of at least 4 members (excludes halogenated alkanes) is 11. The number of hydrogen-bond acceptors (Lipinski definition) is 2. The topological polar surface area (TPSA) is 32.8 Å². The second-order valence-corrected chi connectivity index (χ2v) is 6.48. The molecule has 1 aliphatic heterocycles. The summed E-state index contributed by atoms with van der Waals surface area (Å²) in [6.07, 6.45) is 18.5. The predicted octanol–water partition coefficient (Wildman–Crippen LogP) is 5.58. The van der Waals surface area contributed by atoms with Gasteiger partial charge in [0.1, 0.15) is 6.10 Å². The summed E-state index contributed by atoms with van der Waals surface area (Å²) in [6.45, 7) is 4.26. The van der Waals surface area contributed by atoms with E-state index in [0.29, 0.717) is 0 Å². The van der Waals surface area contributed by atoms with Crippen molar-refractivity contribution >= 4 is 0 Å². The molecular formula is C18H36O2. The van der Waals surface area contributed by atoms with Gasteiger partial charge < -0.3 is 9.84 Å². The molecule has 0 aromatic rings. The van der Waals surface area contributed by atoms with E-state index in [-0.39, 0.29) is 6.10 Å². The maximum Gasteiger partial charge on any atom is 0.192 e. The highest BCUT2D eigenvalue weighted by Crippen LogP contribution is 2.39. The first kappa shape index (κ1) is 18.0. The molecule has 0 bridgehead atoms. The van der Waals surface area contributed by atoms with E-state index in [9.17, 15) is 5.11 Å². The van der Waals surface area contributed by atoms with E-state index >= 15 is 0 Å². The van der Waals surface area contributed by atoms with Crippen LogP contribution >= 0.6 is 0 Å². The molecule has 1 fully saturated rings. The number of ether oxygens (including phenoxy) is 1. The summed E-state index contributed by atoms with van der Waals surface area (Å²) in [4.78, 5) is 0. The first-order chi connectivity index (χ1) is 9.73. The summed E-state index contributed by atoms with van der Waals surface area (Å²) < 4.78 is 5.31. The Morgan fingerprint density at radius 1 is 0.750 bits per heavy atom. The molecule has 1 heterocycles. The number of rotatable bonds is 14. The molecule has 0 spiro atoms. The number of aliphatic hydroxyl groups is 1. The Kier molecular flexibility index (Phi) is 9.54. The highest BCUT2D eigenvalue weighted by atomic mass is 16.7. The van der Waals surface area contributed by atoms with Gasteiger partial charge in [0.15, 0.2) is 5.79 Å². The normalized spacial score (nSPS) is 25.1. The predicted molar refractivity (Wildman–Crippen MR) is 85.8 cm³/mol. The molecule has 0 radical (unpaired) electrons. The maximum atomic E-state index is 9.75. The Labute approximate surface area is 126 Å². The van der Waals surface area contributed by atoms with Crippen molar-refractivity contribution in [1.82, 2.24) is 0 Å². The summed E-state index contributed by atoms with van der Waals surface area (Å²) >= 11 is 0. The van der Waals surface area contributed by atoms with Gasteiger partial charge >= 0.3 is 0 Å². The van der Waals surface area contributed by atoms with Gasteiger partial charge in [0.05, 0.1) is 0 Å². The Morgan fingerprint density at radius 3 is 1.60 bits per heavy atom. The minimum Gasteiger partial charge on any atom is -0.363 e. The van der Waals surface area contributed by atoms with Crippen LogP contribution < -0.4 is 0 Å². The molecule has 2 nitrogen and oxygen atoms in total. The monoisotopic (exact) mass is 284 g/mol. The zero-order valence-corrected chi connectivity index (χ0v) is 13.8. The van der Waals surface area contributed by atoms with E-state index < -0.39 is 5.79 Å². The Bertz CT molecular complexity index is 229. The fourth-order valence-corrected chi connectivity index (χ4v) is 2.98. The van der Waals surface area contributed by atoms with Crippen molar-refractivity contribution in [3.63, 3.8) is 0 Å². The molecule has 1 rings (SSSR count). The molecule has 0 aromatic carbocycles. The van der Waals surface area contributed by atoms with E-state index in [4.69, 9.17) is 4.74 Å². The second-order valence-electron chi connectivity index (χ2n) is 6.48. The number of epoxide rings is 1. The van der Waals surface area contributed by atoms with Gasteiger partial charge in [-0.2, -0.15) is 0 Å². The largest absolute Gasteiger partial charge is 0.363 e. The molecule has 2 unspecified atom stereocenters. The summed E-state index contributed by atoms with van der Waals surface area (Å²) in [6, 6.07) is 0. The summed E-state index contributed by atoms with van der Waals surface area (Å²) in [5.74, 6) is -0.752. The van der Waals surface area contributed by atoms with E-state index in [2.05, 4.69) is 6.92 Å². The van der Waals surface area contributed by atoms with Gasteiger partial charge in [0, 0.05) is 6.42 Å². The van der Waals surface area contributed by atoms with Crippen molar-refractivity contribution in [2.45, 2.75) is 116 Å². The molecule has 0 saturated carbocycles. The lowest BCUT2D eigenvalue weighted by Gasteiger charge is -2.03. The molecule has 0 aromatic heterocycles. The minimum absolute atomic E-state index is 0.135.